The molecule has 0 bridgehead atoms. The van der Waals surface area contributed by atoms with E-state index in [4.69, 9.17) is 0 Å². The molecule has 1 saturated heterocycles. The Balaban J connectivity index is 1.56. The molecule has 1 fully saturated rings. The minimum atomic E-state index is -3.61. The Bertz CT molecular complexity index is 1060. The van der Waals surface area contributed by atoms with Gasteiger partial charge in [-0.3, -0.25) is 14.5 Å². The van der Waals surface area contributed by atoms with Crippen LogP contribution in [0.15, 0.2) is 53.7 Å². The van der Waals surface area contributed by atoms with Crippen LogP contribution in [0.3, 0.4) is 0 Å². The SMILES string of the molecule is CS(=O)(=O)Nc1ccc(NC(=O)C2CCN(S(=O)(=O)c3cccnc3)CC2)cc1. The highest BCUT2D eigenvalue weighted by Gasteiger charge is 2.32. The van der Waals surface area contributed by atoms with Crippen molar-refractivity contribution in [3.63, 3.8) is 0 Å². The Morgan fingerprint density at radius 3 is 2.21 bits per heavy atom. The Kier molecular flexibility index (Phi) is 6.20. The fourth-order valence-electron chi connectivity index (χ4n) is 3.09. The van der Waals surface area contributed by atoms with E-state index in [1.54, 1.807) is 30.3 Å². The highest BCUT2D eigenvalue weighted by molar-refractivity contribution is 7.92. The summed E-state index contributed by atoms with van der Waals surface area (Å²) >= 11 is 0. The van der Waals surface area contributed by atoms with Crippen molar-refractivity contribution in [2.75, 3.05) is 29.4 Å². The first-order valence-electron chi connectivity index (χ1n) is 8.94. The van der Waals surface area contributed by atoms with Crippen molar-refractivity contribution >= 4 is 37.3 Å². The molecule has 3 rings (SSSR count). The topological polar surface area (TPSA) is 126 Å². The lowest BCUT2D eigenvalue weighted by Crippen LogP contribution is -2.41. The van der Waals surface area contributed by atoms with Gasteiger partial charge in [-0.15, -0.1) is 0 Å². The highest BCUT2D eigenvalue weighted by Crippen LogP contribution is 2.25. The Morgan fingerprint density at radius 2 is 1.66 bits per heavy atom. The maximum absolute atomic E-state index is 12.6. The lowest BCUT2D eigenvalue weighted by atomic mass is 9.97. The zero-order valence-corrected chi connectivity index (χ0v) is 17.4. The van der Waals surface area contributed by atoms with Gasteiger partial charge in [0.05, 0.1) is 6.26 Å². The number of aromatic nitrogens is 1. The average molecular weight is 439 g/mol. The second-order valence-electron chi connectivity index (χ2n) is 6.81. The third-order valence-electron chi connectivity index (χ3n) is 4.55. The molecule has 1 amide bonds. The van der Waals surface area contributed by atoms with E-state index in [0.29, 0.717) is 24.2 Å². The van der Waals surface area contributed by atoms with Crippen molar-refractivity contribution in [2.45, 2.75) is 17.7 Å². The lowest BCUT2D eigenvalue weighted by Gasteiger charge is -2.30. The number of sulfonamides is 2. The first kappa shape index (κ1) is 21.2. The fraction of sp³-hybridized carbons (Fsp3) is 0.333. The summed E-state index contributed by atoms with van der Waals surface area (Å²) < 4.78 is 51.4. The monoisotopic (exact) mass is 438 g/mol. The van der Waals surface area contributed by atoms with Crippen LogP contribution in [0.1, 0.15) is 12.8 Å². The van der Waals surface area contributed by atoms with Crippen LogP contribution in [0.5, 0.6) is 0 Å². The first-order chi connectivity index (χ1) is 13.6. The first-order valence-corrected chi connectivity index (χ1v) is 12.3. The van der Waals surface area contributed by atoms with Crippen LogP contribution in [0.25, 0.3) is 0 Å². The van der Waals surface area contributed by atoms with Crippen molar-refractivity contribution < 1.29 is 21.6 Å². The highest BCUT2D eigenvalue weighted by atomic mass is 32.2. The number of amides is 1. The van der Waals surface area contributed by atoms with Gasteiger partial charge >= 0.3 is 0 Å². The van der Waals surface area contributed by atoms with E-state index in [1.165, 1.54) is 22.8 Å². The molecule has 1 aliphatic heterocycles. The van der Waals surface area contributed by atoms with Crippen molar-refractivity contribution in [1.82, 2.24) is 9.29 Å². The van der Waals surface area contributed by atoms with Crippen molar-refractivity contribution in [2.24, 2.45) is 5.92 Å². The molecule has 0 unspecified atom stereocenters. The summed E-state index contributed by atoms with van der Waals surface area (Å²) in [5.41, 5.74) is 0.943. The summed E-state index contributed by atoms with van der Waals surface area (Å²) in [6.45, 7) is 0.513. The molecule has 0 saturated carbocycles. The van der Waals surface area contributed by atoms with E-state index in [-0.39, 0.29) is 29.8 Å². The molecule has 0 atom stereocenters. The summed E-state index contributed by atoms with van der Waals surface area (Å²) in [6.07, 6.45) is 4.72. The van der Waals surface area contributed by atoms with Gasteiger partial charge in [-0.2, -0.15) is 4.31 Å². The van der Waals surface area contributed by atoms with E-state index in [9.17, 15) is 21.6 Å². The number of anilines is 2. The lowest BCUT2D eigenvalue weighted by molar-refractivity contribution is -0.120. The summed E-state index contributed by atoms with van der Waals surface area (Å²) in [5.74, 6) is -0.489. The van der Waals surface area contributed by atoms with Gasteiger partial charge in [0.2, 0.25) is 26.0 Å². The van der Waals surface area contributed by atoms with E-state index in [0.717, 1.165) is 6.26 Å². The van der Waals surface area contributed by atoms with Crippen LogP contribution >= 0.6 is 0 Å². The molecule has 2 aromatic rings. The van der Waals surface area contributed by atoms with Crippen molar-refractivity contribution in [3.05, 3.63) is 48.8 Å². The Morgan fingerprint density at radius 1 is 1.03 bits per heavy atom. The van der Waals surface area contributed by atoms with E-state index >= 15 is 0 Å². The number of nitrogens with zero attached hydrogens (tertiary/aromatic N) is 2. The smallest absolute Gasteiger partial charge is 0.244 e. The number of benzene rings is 1. The van der Waals surface area contributed by atoms with Crippen LogP contribution in [-0.4, -0.2) is 51.4 Å². The van der Waals surface area contributed by atoms with Crippen molar-refractivity contribution in [3.8, 4) is 0 Å². The number of hydrogen-bond donors (Lipinski definition) is 2. The summed E-state index contributed by atoms with van der Waals surface area (Å²) in [5, 5.41) is 2.79. The zero-order valence-electron chi connectivity index (χ0n) is 15.8. The van der Waals surface area contributed by atoms with E-state index in [1.807, 2.05) is 0 Å². The maximum Gasteiger partial charge on any atom is 0.244 e. The number of hydrogen-bond acceptors (Lipinski definition) is 6. The molecular weight excluding hydrogens is 416 g/mol. The predicted octanol–water partition coefficient (Wildman–Crippen LogP) is 1.49. The number of rotatable bonds is 6. The molecule has 9 nitrogen and oxygen atoms in total. The van der Waals surface area contributed by atoms with Crippen LogP contribution in [0.2, 0.25) is 0 Å². The van der Waals surface area contributed by atoms with Crippen LogP contribution in [-0.2, 0) is 24.8 Å². The number of carbonyl (C=O) groups is 1. The van der Waals surface area contributed by atoms with Gasteiger partial charge in [-0.05, 0) is 49.2 Å². The normalized spacial score (nSPS) is 16.3. The van der Waals surface area contributed by atoms with E-state index in [2.05, 4.69) is 15.0 Å². The summed E-state index contributed by atoms with van der Waals surface area (Å²) in [4.78, 5) is 16.5. The minimum Gasteiger partial charge on any atom is -0.326 e. The quantitative estimate of drug-likeness (QED) is 0.704. The molecule has 1 aromatic carbocycles. The van der Waals surface area contributed by atoms with Crippen LogP contribution < -0.4 is 10.0 Å². The third kappa shape index (κ3) is 5.52. The molecule has 1 aliphatic rings. The molecule has 0 spiro atoms. The number of pyridine rings is 1. The molecule has 156 valence electrons. The zero-order chi connectivity index (χ0) is 21.1. The van der Waals surface area contributed by atoms with Gasteiger partial charge in [-0.1, -0.05) is 0 Å². The molecule has 0 radical (unpaired) electrons. The Hall–Kier alpha value is -2.50. The van der Waals surface area contributed by atoms with Gasteiger partial charge in [0.1, 0.15) is 4.90 Å². The van der Waals surface area contributed by atoms with Crippen LogP contribution in [0.4, 0.5) is 11.4 Å². The molecule has 2 heterocycles. The third-order valence-corrected chi connectivity index (χ3v) is 7.04. The molecule has 11 heteroatoms. The molecule has 29 heavy (non-hydrogen) atoms. The molecule has 1 aromatic heterocycles. The number of carbonyl (C=O) groups excluding carboxylic acids is 1. The predicted molar refractivity (Wildman–Crippen MR) is 109 cm³/mol. The Labute approximate surface area is 170 Å². The van der Waals surface area contributed by atoms with Gasteiger partial charge in [0.25, 0.3) is 0 Å². The van der Waals surface area contributed by atoms with E-state index < -0.39 is 20.0 Å². The molecule has 0 aliphatic carbocycles. The molecule has 2 N–H and O–H groups in total. The summed E-state index contributed by atoms with van der Waals surface area (Å²) in [6, 6.07) is 9.40. The number of piperidine rings is 1. The number of nitrogens with one attached hydrogen (secondary N) is 2. The average Bonchev–Trinajstić information content (AvgIpc) is 2.69. The standard InChI is InChI=1S/C18H22N4O5S2/c1-28(24,25)21-16-6-4-15(5-7-16)20-18(23)14-8-11-22(12-9-14)29(26,27)17-3-2-10-19-13-17/h2-7,10,13-14,21H,8-9,11-12H2,1H3,(H,20,23). The largest absolute Gasteiger partial charge is 0.326 e. The minimum absolute atomic E-state index is 0.144. The van der Waals surface area contributed by atoms with Gasteiger partial charge < -0.3 is 5.32 Å². The molecular formula is C18H22N4O5S2. The van der Waals surface area contributed by atoms with Crippen LogP contribution in [0, 0.1) is 5.92 Å². The second-order valence-corrected chi connectivity index (χ2v) is 10.5. The van der Waals surface area contributed by atoms with Crippen molar-refractivity contribution in [1.29, 1.82) is 0 Å². The maximum atomic E-state index is 12.6. The fourth-order valence-corrected chi connectivity index (χ4v) is 5.09. The second kappa shape index (κ2) is 8.47. The van der Waals surface area contributed by atoms with Gasteiger partial charge in [-0.25, -0.2) is 16.8 Å². The van der Waals surface area contributed by atoms with Gasteiger partial charge in [0, 0.05) is 42.8 Å². The summed E-state index contributed by atoms with van der Waals surface area (Å²) in [7, 11) is -6.97. The van der Waals surface area contributed by atoms with Gasteiger partial charge in [0.15, 0.2) is 0 Å².